The van der Waals surface area contributed by atoms with Crippen LogP contribution in [0.15, 0.2) is 22.8 Å². The maximum atomic E-state index is 2.82. The standard InChI is InChI=1S/C25H36/c1-15(2)24-21-6-4-3-5-20(21)22-10-19(11-23(22)24)25-12-16-7-17(13-25)9-18(8-16)14-25/h11,15-18,20-21,24H,3-10,12-14H2,1-2H3. The Kier molecular flexibility index (Phi) is 3.27. The number of allylic oxidation sites excluding steroid dienone is 4. The second-order valence-corrected chi connectivity index (χ2v) is 11.3. The summed E-state index contributed by atoms with van der Waals surface area (Å²) in [7, 11) is 0. The zero-order valence-electron chi connectivity index (χ0n) is 16.4. The van der Waals surface area contributed by atoms with Gasteiger partial charge in [0.15, 0.2) is 0 Å². The van der Waals surface area contributed by atoms with E-state index >= 15 is 0 Å². The molecule has 5 fully saturated rings. The fourth-order valence-corrected chi connectivity index (χ4v) is 9.24. The van der Waals surface area contributed by atoms with Gasteiger partial charge in [0.25, 0.3) is 0 Å². The van der Waals surface area contributed by atoms with E-state index in [0.29, 0.717) is 5.41 Å². The molecular weight excluding hydrogens is 300 g/mol. The summed E-state index contributed by atoms with van der Waals surface area (Å²) in [5.74, 6) is 6.98. The largest absolute Gasteiger partial charge is 0.0622 e. The Morgan fingerprint density at radius 1 is 0.920 bits per heavy atom. The highest BCUT2D eigenvalue weighted by atomic mass is 14.6. The molecule has 0 amide bonds. The van der Waals surface area contributed by atoms with Crippen LogP contribution in [0.3, 0.4) is 0 Å². The lowest BCUT2D eigenvalue weighted by molar-refractivity contribution is -0.0316. The average Bonchev–Trinajstić information content (AvgIpc) is 3.10. The molecular formula is C25H36. The van der Waals surface area contributed by atoms with Crippen LogP contribution in [0.4, 0.5) is 0 Å². The highest BCUT2D eigenvalue weighted by Gasteiger charge is 2.54. The van der Waals surface area contributed by atoms with Crippen LogP contribution in [-0.4, -0.2) is 0 Å². The predicted molar refractivity (Wildman–Crippen MR) is 104 cm³/mol. The van der Waals surface area contributed by atoms with E-state index in [2.05, 4.69) is 19.9 Å². The topological polar surface area (TPSA) is 0 Å². The van der Waals surface area contributed by atoms with Crippen LogP contribution in [0.25, 0.3) is 0 Å². The molecule has 0 radical (unpaired) electrons. The van der Waals surface area contributed by atoms with Gasteiger partial charge in [-0.2, -0.15) is 0 Å². The van der Waals surface area contributed by atoms with Crippen molar-refractivity contribution in [2.24, 2.45) is 46.8 Å². The van der Waals surface area contributed by atoms with E-state index in [1.54, 1.807) is 38.5 Å². The fraction of sp³-hybridized carbons (Fsp3) is 0.840. The van der Waals surface area contributed by atoms with Crippen LogP contribution in [-0.2, 0) is 0 Å². The van der Waals surface area contributed by atoms with Crippen molar-refractivity contribution >= 4 is 0 Å². The Morgan fingerprint density at radius 2 is 1.56 bits per heavy atom. The van der Waals surface area contributed by atoms with Crippen molar-refractivity contribution in [1.29, 1.82) is 0 Å². The molecule has 3 atom stereocenters. The second kappa shape index (κ2) is 5.26. The van der Waals surface area contributed by atoms with Crippen LogP contribution in [0, 0.1) is 46.8 Å². The highest BCUT2D eigenvalue weighted by molar-refractivity contribution is 5.49. The minimum atomic E-state index is 0.658. The van der Waals surface area contributed by atoms with Gasteiger partial charge >= 0.3 is 0 Å². The monoisotopic (exact) mass is 336 g/mol. The predicted octanol–water partition coefficient (Wildman–Crippen LogP) is 6.92. The molecule has 0 heterocycles. The number of hydrogen-bond donors (Lipinski definition) is 0. The van der Waals surface area contributed by atoms with Crippen molar-refractivity contribution in [3.63, 3.8) is 0 Å². The molecule has 136 valence electrons. The Balaban J connectivity index is 1.35. The zero-order valence-corrected chi connectivity index (χ0v) is 16.4. The Morgan fingerprint density at radius 3 is 2.20 bits per heavy atom. The summed E-state index contributed by atoms with van der Waals surface area (Å²) in [6.45, 7) is 5.01. The first-order chi connectivity index (χ1) is 12.1. The summed E-state index contributed by atoms with van der Waals surface area (Å²) in [4.78, 5) is 0. The molecule has 0 aromatic carbocycles. The van der Waals surface area contributed by atoms with Crippen molar-refractivity contribution in [2.45, 2.75) is 84.5 Å². The number of rotatable bonds is 2. The van der Waals surface area contributed by atoms with Gasteiger partial charge in [-0.05, 0) is 110 Å². The molecule has 7 aliphatic rings. The van der Waals surface area contributed by atoms with E-state index in [-0.39, 0.29) is 0 Å². The van der Waals surface area contributed by atoms with Gasteiger partial charge in [0.1, 0.15) is 0 Å². The van der Waals surface area contributed by atoms with Crippen molar-refractivity contribution < 1.29 is 0 Å². The quantitative estimate of drug-likeness (QED) is 0.513. The summed E-state index contributed by atoms with van der Waals surface area (Å²) in [5, 5.41) is 0. The second-order valence-electron chi connectivity index (χ2n) is 11.3. The van der Waals surface area contributed by atoms with Crippen LogP contribution in [0.5, 0.6) is 0 Å². The van der Waals surface area contributed by atoms with E-state index < -0.39 is 0 Å². The van der Waals surface area contributed by atoms with Crippen LogP contribution >= 0.6 is 0 Å². The Bertz CT molecular complexity index is 610. The summed E-state index contributed by atoms with van der Waals surface area (Å²) in [5.41, 5.74) is 6.42. The molecule has 0 N–H and O–H groups in total. The van der Waals surface area contributed by atoms with E-state index in [1.807, 2.05) is 16.7 Å². The van der Waals surface area contributed by atoms with E-state index in [4.69, 9.17) is 0 Å². The molecule has 0 aromatic heterocycles. The minimum Gasteiger partial charge on any atom is -0.0622 e. The van der Waals surface area contributed by atoms with Crippen molar-refractivity contribution in [3.05, 3.63) is 22.8 Å². The maximum Gasteiger partial charge on any atom is -0.00737 e. The number of fused-ring (bicyclic) bond motifs is 2. The highest BCUT2D eigenvalue weighted by Crippen LogP contribution is 2.66. The lowest BCUT2D eigenvalue weighted by atomic mass is 9.47. The third kappa shape index (κ3) is 2.12. The van der Waals surface area contributed by atoms with Gasteiger partial charge in [-0.1, -0.05) is 43.9 Å². The molecule has 7 rings (SSSR count). The van der Waals surface area contributed by atoms with Gasteiger partial charge in [-0.25, -0.2) is 0 Å². The van der Waals surface area contributed by atoms with Gasteiger partial charge < -0.3 is 0 Å². The molecule has 0 saturated heterocycles. The molecule has 3 unspecified atom stereocenters. The van der Waals surface area contributed by atoms with Gasteiger partial charge in [0.05, 0.1) is 0 Å². The molecule has 25 heavy (non-hydrogen) atoms. The summed E-state index contributed by atoms with van der Waals surface area (Å²) in [6, 6.07) is 0. The fourth-order valence-electron chi connectivity index (χ4n) is 9.24. The average molecular weight is 337 g/mol. The Hall–Kier alpha value is -0.520. The molecule has 7 aliphatic carbocycles. The zero-order chi connectivity index (χ0) is 16.8. The first-order valence-corrected chi connectivity index (χ1v) is 11.6. The first-order valence-electron chi connectivity index (χ1n) is 11.6. The SMILES string of the molecule is CC(C)C1C2=C(CC(C34CC5CC(CC(C5)C3)C4)=C2)C2CCCCC21. The summed E-state index contributed by atoms with van der Waals surface area (Å²) in [6.07, 6.45) is 19.7. The van der Waals surface area contributed by atoms with Gasteiger partial charge in [0.2, 0.25) is 0 Å². The first kappa shape index (κ1) is 15.5. The lowest BCUT2D eigenvalue weighted by Crippen LogP contribution is -2.46. The number of hydrogen-bond acceptors (Lipinski definition) is 0. The molecule has 0 heteroatoms. The summed E-state index contributed by atoms with van der Waals surface area (Å²) < 4.78 is 0. The molecule has 0 nitrogen and oxygen atoms in total. The third-order valence-corrected chi connectivity index (χ3v) is 9.61. The maximum absolute atomic E-state index is 2.82. The van der Waals surface area contributed by atoms with Gasteiger partial charge in [-0.15, -0.1) is 0 Å². The lowest BCUT2D eigenvalue weighted by Gasteiger charge is -2.58. The Labute approximate surface area is 154 Å². The molecule has 0 spiro atoms. The molecule has 0 aliphatic heterocycles. The van der Waals surface area contributed by atoms with Gasteiger partial charge in [0, 0.05) is 0 Å². The van der Waals surface area contributed by atoms with Crippen LogP contribution < -0.4 is 0 Å². The van der Waals surface area contributed by atoms with Crippen molar-refractivity contribution in [1.82, 2.24) is 0 Å². The van der Waals surface area contributed by atoms with Gasteiger partial charge in [-0.3, -0.25) is 0 Å². The van der Waals surface area contributed by atoms with E-state index in [9.17, 15) is 0 Å². The van der Waals surface area contributed by atoms with Crippen molar-refractivity contribution in [3.8, 4) is 0 Å². The molecule has 4 bridgehead atoms. The third-order valence-electron chi connectivity index (χ3n) is 9.61. The van der Waals surface area contributed by atoms with E-state index in [1.165, 1.54) is 32.1 Å². The molecule has 0 aromatic rings. The van der Waals surface area contributed by atoms with Crippen LogP contribution in [0.1, 0.15) is 84.5 Å². The normalized spacial score (nSPS) is 50.4. The van der Waals surface area contributed by atoms with Crippen LogP contribution in [0.2, 0.25) is 0 Å². The van der Waals surface area contributed by atoms with Crippen molar-refractivity contribution in [2.75, 3.05) is 0 Å². The minimum absolute atomic E-state index is 0.658. The molecule has 5 saturated carbocycles. The summed E-state index contributed by atoms with van der Waals surface area (Å²) >= 11 is 0. The smallest absolute Gasteiger partial charge is 0.00737 e. The van der Waals surface area contributed by atoms with E-state index in [0.717, 1.165) is 41.4 Å².